The van der Waals surface area contributed by atoms with Crippen molar-refractivity contribution in [2.45, 2.75) is 38.3 Å². The zero-order chi connectivity index (χ0) is 20.3. The second-order valence-corrected chi connectivity index (χ2v) is 8.02. The standard InChI is InChI=1S/C26H25N3O/c30-26(16-21-12-6-11-20-10-4-5-13-22(20)21)28-24-14-7-15-25-23(24)17-27-29(25)18-19-8-2-1-3-9-19/h1-6,8-13,17,24H,7,14-16,18H2,(H,28,30). The monoisotopic (exact) mass is 395 g/mol. The molecular formula is C26H25N3O. The largest absolute Gasteiger partial charge is 0.349 e. The maximum atomic E-state index is 12.9. The van der Waals surface area contributed by atoms with E-state index < -0.39 is 0 Å². The van der Waals surface area contributed by atoms with Gasteiger partial charge in [0.15, 0.2) is 0 Å². The molecule has 0 saturated heterocycles. The van der Waals surface area contributed by atoms with Gasteiger partial charge in [-0.15, -0.1) is 0 Å². The SMILES string of the molecule is O=C(Cc1cccc2ccccc12)NC1CCCc2c1cnn2Cc1ccccc1. The topological polar surface area (TPSA) is 46.9 Å². The van der Waals surface area contributed by atoms with Crippen LogP contribution in [0.1, 0.15) is 41.3 Å². The van der Waals surface area contributed by atoms with E-state index in [1.807, 2.05) is 36.5 Å². The Labute approximate surface area is 176 Å². The van der Waals surface area contributed by atoms with Crippen LogP contribution in [0, 0.1) is 0 Å². The Morgan fingerprint density at radius 1 is 1.00 bits per heavy atom. The number of aromatic nitrogens is 2. The molecular weight excluding hydrogens is 370 g/mol. The molecule has 30 heavy (non-hydrogen) atoms. The molecule has 1 N–H and O–H groups in total. The average Bonchev–Trinajstić information content (AvgIpc) is 3.18. The first-order valence-corrected chi connectivity index (χ1v) is 10.6. The van der Waals surface area contributed by atoms with E-state index in [1.54, 1.807) is 0 Å². The summed E-state index contributed by atoms with van der Waals surface area (Å²) in [5, 5.41) is 10.2. The molecule has 1 atom stereocenters. The number of benzene rings is 3. The van der Waals surface area contributed by atoms with Gasteiger partial charge in [0.25, 0.3) is 0 Å². The third-order valence-corrected chi connectivity index (χ3v) is 6.00. The lowest BCUT2D eigenvalue weighted by molar-refractivity contribution is -0.121. The molecule has 4 heteroatoms. The van der Waals surface area contributed by atoms with Crippen LogP contribution in [0.25, 0.3) is 10.8 Å². The molecule has 1 heterocycles. The van der Waals surface area contributed by atoms with E-state index in [9.17, 15) is 4.79 Å². The minimum Gasteiger partial charge on any atom is -0.349 e. The number of fused-ring (bicyclic) bond motifs is 2. The summed E-state index contributed by atoms with van der Waals surface area (Å²) in [6, 6.07) is 24.8. The van der Waals surface area contributed by atoms with Crippen molar-refractivity contribution >= 4 is 16.7 Å². The fourth-order valence-corrected chi connectivity index (χ4v) is 4.53. The highest BCUT2D eigenvalue weighted by molar-refractivity contribution is 5.90. The molecule has 3 aromatic carbocycles. The molecule has 0 radical (unpaired) electrons. The predicted molar refractivity (Wildman–Crippen MR) is 119 cm³/mol. The third-order valence-electron chi connectivity index (χ3n) is 6.00. The summed E-state index contributed by atoms with van der Waals surface area (Å²) < 4.78 is 2.09. The van der Waals surface area contributed by atoms with Crippen LogP contribution in [0.3, 0.4) is 0 Å². The van der Waals surface area contributed by atoms with Crippen molar-refractivity contribution in [2.24, 2.45) is 0 Å². The van der Waals surface area contributed by atoms with Crippen molar-refractivity contribution in [1.29, 1.82) is 0 Å². The zero-order valence-electron chi connectivity index (χ0n) is 16.9. The number of carbonyl (C=O) groups is 1. The fourth-order valence-electron chi connectivity index (χ4n) is 4.53. The molecule has 1 unspecified atom stereocenters. The van der Waals surface area contributed by atoms with Crippen molar-refractivity contribution in [3.8, 4) is 0 Å². The maximum Gasteiger partial charge on any atom is 0.224 e. The molecule has 4 aromatic rings. The lowest BCUT2D eigenvalue weighted by Crippen LogP contribution is -2.32. The van der Waals surface area contributed by atoms with Gasteiger partial charge in [0.2, 0.25) is 5.91 Å². The Bertz CT molecular complexity index is 1170. The molecule has 1 aliphatic rings. The summed E-state index contributed by atoms with van der Waals surface area (Å²) in [5.41, 5.74) is 4.73. The van der Waals surface area contributed by atoms with E-state index in [0.717, 1.165) is 36.8 Å². The van der Waals surface area contributed by atoms with E-state index in [4.69, 9.17) is 0 Å². The quantitative estimate of drug-likeness (QED) is 0.527. The van der Waals surface area contributed by atoms with Gasteiger partial charge < -0.3 is 5.32 Å². The summed E-state index contributed by atoms with van der Waals surface area (Å²) in [6.07, 6.45) is 5.38. The molecule has 1 amide bonds. The lowest BCUT2D eigenvalue weighted by Gasteiger charge is -2.24. The van der Waals surface area contributed by atoms with Crippen LogP contribution in [0.4, 0.5) is 0 Å². The molecule has 1 aromatic heterocycles. The van der Waals surface area contributed by atoms with Crippen LogP contribution in [0.5, 0.6) is 0 Å². The minimum absolute atomic E-state index is 0.0424. The molecule has 0 bridgehead atoms. The highest BCUT2D eigenvalue weighted by Gasteiger charge is 2.25. The first kappa shape index (κ1) is 18.6. The Morgan fingerprint density at radius 2 is 1.80 bits per heavy atom. The van der Waals surface area contributed by atoms with E-state index in [1.165, 1.54) is 22.2 Å². The smallest absolute Gasteiger partial charge is 0.224 e. The molecule has 1 aliphatic carbocycles. The number of carbonyl (C=O) groups excluding carboxylic acids is 1. The first-order valence-electron chi connectivity index (χ1n) is 10.6. The molecule has 5 rings (SSSR count). The van der Waals surface area contributed by atoms with Crippen molar-refractivity contribution in [3.63, 3.8) is 0 Å². The van der Waals surface area contributed by atoms with E-state index in [2.05, 4.69) is 57.6 Å². The van der Waals surface area contributed by atoms with Crippen molar-refractivity contribution in [2.75, 3.05) is 0 Å². The van der Waals surface area contributed by atoms with Crippen LogP contribution in [0.2, 0.25) is 0 Å². The van der Waals surface area contributed by atoms with E-state index in [0.29, 0.717) is 6.42 Å². The third kappa shape index (κ3) is 3.73. The average molecular weight is 396 g/mol. The molecule has 4 nitrogen and oxygen atoms in total. The van der Waals surface area contributed by atoms with Crippen molar-refractivity contribution in [3.05, 3.63) is 101 Å². The van der Waals surface area contributed by atoms with Gasteiger partial charge in [-0.1, -0.05) is 72.8 Å². The lowest BCUT2D eigenvalue weighted by atomic mass is 9.92. The summed E-state index contributed by atoms with van der Waals surface area (Å²) >= 11 is 0. The number of nitrogens with one attached hydrogen (secondary N) is 1. The second-order valence-electron chi connectivity index (χ2n) is 8.02. The molecule has 0 fully saturated rings. The van der Waals surface area contributed by atoms with E-state index >= 15 is 0 Å². The van der Waals surface area contributed by atoms with Gasteiger partial charge in [-0.2, -0.15) is 5.10 Å². The van der Waals surface area contributed by atoms with Crippen LogP contribution in [-0.2, 0) is 24.2 Å². The fraction of sp³-hybridized carbons (Fsp3) is 0.231. The summed E-state index contributed by atoms with van der Waals surface area (Å²) in [4.78, 5) is 12.9. The van der Waals surface area contributed by atoms with Gasteiger partial charge in [-0.05, 0) is 41.2 Å². The summed E-state index contributed by atoms with van der Waals surface area (Å²) in [6.45, 7) is 0.771. The number of amides is 1. The van der Waals surface area contributed by atoms with Crippen LogP contribution >= 0.6 is 0 Å². The van der Waals surface area contributed by atoms with Gasteiger partial charge in [-0.25, -0.2) is 0 Å². The van der Waals surface area contributed by atoms with Crippen molar-refractivity contribution in [1.82, 2.24) is 15.1 Å². The van der Waals surface area contributed by atoms with Gasteiger partial charge >= 0.3 is 0 Å². The van der Waals surface area contributed by atoms with Gasteiger partial charge in [0, 0.05) is 11.3 Å². The normalized spacial score (nSPS) is 15.7. The highest BCUT2D eigenvalue weighted by atomic mass is 16.1. The number of hydrogen-bond acceptors (Lipinski definition) is 2. The van der Waals surface area contributed by atoms with Gasteiger partial charge in [0.1, 0.15) is 0 Å². The Kier molecular flexibility index (Phi) is 5.06. The zero-order valence-corrected chi connectivity index (χ0v) is 16.9. The number of hydrogen-bond donors (Lipinski definition) is 1. The van der Waals surface area contributed by atoms with E-state index in [-0.39, 0.29) is 11.9 Å². The van der Waals surface area contributed by atoms with Crippen molar-refractivity contribution < 1.29 is 4.79 Å². The molecule has 0 spiro atoms. The number of rotatable bonds is 5. The van der Waals surface area contributed by atoms with Crippen LogP contribution < -0.4 is 5.32 Å². The Morgan fingerprint density at radius 3 is 2.70 bits per heavy atom. The highest BCUT2D eigenvalue weighted by Crippen LogP contribution is 2.30. The number of nitrogens with zero attached hydrogens (tertiary/aromatic N) is 2. The van der Waals surface area contributed by atoms with Gasteiger partial charge in [0.05, 0.1) is 25.2 Å². The summed E-state index contributed by atoms with van der Waals surface area (Å²) in [7, 11) is 0. The molecule has 0 saturated carbocycles. The first-order chi connectivity index (χ1) is 14.8. The molecule has 150 valence electrons. The van der Waals surface area contributed by atoms with Crippen LogP contribution in [0.15, 0.2) is 79.0 Å². The maximum absolute atomic E-state index is 12.9. The molecule has 0 aliphatic heterocycles. The Balaban J connectivity index is 1.32. The predicted octanol–water partition coefficient (Wildman–Crippen LogP) is 4.82. The second kappa shape index (κ2) is 8.15. The van der Waals surface area contributed by atoms with Gasteiger partial charge in [-0.3, -0.25) is 9.48 Å². The van der Waals surface area contributed by atoms with Crippen LogP contribution in [-0.4, -0.2) is 15.7 Å². The Hall–Kier alpha value is -3.40. The summed E-state index contributed by atoms with van der Waals surface area (Å²) in [5.74, 6) is 0.0695. The minimum atomic E-state index is 0.0424.